The average molecular weight is 318 g/mol. The molecule has 2 rings (SSSR count). The summed E-state index contributed by atoms with van der Waals surface area (Å²) in [4.78, 5) is 25.6. The molecule has 1 saturated carbocycles. The van der Waals surface area contributed by atoms with Gasteiger partial charge in [0, 0.05) is 27.1 Å². The molecule has 0 heterocycles. The van der Waals surface area contributed by atoms with Gasteiger partial charge in [-0.3, -0.25) is 9.59 Å². The number of ether oxygens (including phenoxy) is 1. The smallest absolute Gasteiger partial charge is 0.253 e. The molecule has 1 aromatic carbocycles. The van der Waals surface area contributed by atoms with E-state index in [1.807, 2.05) is 30.3 Å². The normalized spacial score (nSPS) is 16.1. The summed E-state index contributed by atoms with van der Waals surface area (Å²) in [5, 5.41) is 2.83. The van der Waals surface area contributed by atoms with Gasteiger partial charge in [-0.25, -0.2) is 0 Å². The lowest BCUT2D eigenvalue weighted by molar-refractivity contribution is -0.137. The number of amides is 2. The summed E-state index contributed by atoms with van der Waals surface area (Å²) >= 11 is 0. The molecule has 5 heteroatoms. The van der Waals surface area contributed by atoms with Crippen molar-refractivity contribution < 1.29 is 14.3 Å². The van der Waals surface area contributed by atoms with E-state index in [2.05, 4.69) is 5.32 Å². The minimum Gasteiger partial charge on any atom is -0.360 e. The van der Waals surface area contributed by atoms with Crippen LogP contribution in [0.2, 0.25) is 0 Å². The van der Waals surface area contributed by atoms with Crippen molar-refractivity contribution in [1.29, 1.82) is 0 Å². The van der Waals surface area contributed by atoms with Gasteiger partial charge >= 0.3 is 0 Å². The molecule has 0 bridgehead atoms. The van der Waals surface area contributed by atoms with Crippen molar-refractivity contribution in [3.8, 4) is 0 Å². The molecule has 1 aliphatic rings. The van der Waals surface area contributed by atoms with Crippen LogP contribution in [-0.2, 0) is 14.3 Å². The molecule has 2 amide bonds. The van der Waals surface area contributed by atoms with E-state index in [0.29, 0.717) is 13.0 Å². The summed E-state index contributed by atoms with van der Waals surface area (Å²) in [7, 11) is 3.42. The largest absolute Gasteiger partial charge is 0.360 e. The van der Waals surface area contributed by atoms with E-state index < -0.39 is 6.10 Å². The number of rotatable bonds is 7. The zero-order chi connectivity index (χ0) is 16.7. The van der Waals surface area contributed by atoms with Crippen LogP contribution in [0, 0.1) is 0 Å². The van der Waals surface area contributed by atoms with E-state index >= 15 is 0 Å². The zero-order valence-electron chi connectivity index (χ0n) is 14.0. The van der Waals surface area contributed by atoms with E-state index in [1.165, 1.54) is 4.90 Å². The van der Waals surface area contributed by atoms with Gasteiger partial charge in [-0.15, -0.1) is 0 Å². The number of hydrogen-bond acceptors (Lipinski definition) is 3. The highest BCUT2D eigenvalue weighted by Gasteiger charge is 2.27. The third-order valence-corrected chi connectivity index (χ3v) is 4.11. The summed E-state index contributed by atoms with van der Waals surface area (Å²) in [5.41, 5.74) is 0.857. The predicted molar refractivity (Wildman–Crippen MR) is 88.8 cm³/mol. The molecule has 1 aromatic rings. The molecule has 1 aliphatic carbocycles. The Morgan fingerprint density at radius 1 is 1.22 bits per heavy atom. The highest BCUT2D eigenvalue weighted by Crippen LogP contribution is 2.28. The molecule has 5 nitrogen and oxygen atoms in total. The molecule has 1 N–H and O–H groups in total. The second-order valence-corrected chi connectivity index (χ2v) is 6.16. The molecule has 0 unspecified atom stereocenters. The summed E-state index contributed by atoms with van der Waals surface area (Å²) < 4.78 is 6.06. The first-order valence-electron chi connectivity index (χ1n) is 8.26. The van der Waals surface area contributed by atoms with Crippen LogP contribution in [0.5, 0.6) is 0 Å². The maximum absolute atomic E-state index is 12.5. The van der Waals surface area contributed by atoms with Crippen molar-refractivity contribution in [2.24, 2.45) is 0 Å². The molecule has 0 aliphatic heterocycles. The first kappa shape index (κ1) is 17.5. The van der Waals surface area contributed by atoms with Gasteiger partial charge in [0.15, 0.2) is 6.10 Å². The first-order chi connectivity index (χ1) is 11.1. The van der Waals surface area contributed by atoms with Crippen LogP contribution in [0.25, 0.3) is 0 Å². The van der Waals surface area contributed by atoms with E-state index in [9.17, 15) is 9.59 Å². The molecule has 126 valence electrons. The highest BCUT2D eigenvalue weighted by molar-refractivity contribution is 5.83. The fourth-order valence-corrected chi connectivity index (χ4v) is 2.75. The van der Waals surface area contributed by atoms with Gasteiger partial charge in [0.25, 0.3) is 5.91 Å². The van der Waals surface area contributed by atoms with Crippen LogP contribution in [-0.4, -0.2) is 43.5 Å². The highest BCUT2D eigenvalue weighted by atomic mass is 16.5. The van der Waals surface area contributed by atoms with Crippen LogP contribution in [0.3, 0.4) is 0 Å². The molecule has 0 radical (unpaired) electrons. The van der Waals surface area contributed by atoms with Gasteiger partial charge in [0.1, 0.15) is 0 Å². The lowest BCUT2D eigenvalue weighted by Crippen LogP contribution is -2.35. The topological polar surface area (TPSA) is 58.6 Å². The van der Waals surface area contributed by atoms with Crippen LogP contribution in [0.1, 0.15) is 43.8 Å². The molecule has 0 saturated heterocycles. The average Bonchev–Trinajstić information content (AvgIpc) is 3.06. The molecular formula is C18H26N2O3. The minimum absolute atomic E-state index is 0.00160. The number of nitrogens with one attached hydrogen (secondary N) is 1. The second kappa shape index (κ2) is 8.67. The van der Waals surface area contributed by atoms with E-state index in [1.54, 1.807) is 14.1 Å². The van der Waals surface area contributed by atoms with Gasteiger partial charge in [-0.1, -0.05) is 43.2 Å². The Morgan fingerprint density at radius 2 is 1.87 bits per heavy atom. The van der Waals surface area contributed by atoms with Crippen LogP contribution < -0.4 is 5.32 Å². The molecule has 0 spiro atoms. The second-order valence-electron chi connectivity index (χ2n) is 6.16. The Labute approximate surface area is 138 Å². The maximum atomic E-state index is 12.5. The predicted octanol–water partition coefficient (Wildman–Crippen LogP) is 2.28. The van der Waals surface area contributed by atoms with Gasteiger partial charge in [-0.05, 0) is 18.4 Å². The molecule has 0 aromatic heterocycles. The summed E-state index contributed by atoms with van der Waals surface area (Å²) in [5.74, 6) is -0.173. The number of benzene rings is 1. The van der Waals surface area contributed by atoms with Crippen molar-refractivity contribution in [1.82, 2.24) is 10.2 Å². The van der Waals surface area contributed by atoms with Gasteiger partial charge in [0.2, 0.25) is 5.91 Å². The molecule has 23 heavy (non-hydrogen) atoms. The minimum atomic E-state index is -0.603. The van der Waals surface area contributed by atoms with Crippen LogP contribution >= 0.6 is 0 Å². The third-order valence-electron chi connectivity index (χ3n) is 4.11. The summed E-state index contributed by atoms with van der Waals surface area (Å²) in [6.07, 6.45) is 4.17. The SMILES string of the molecule is CN(C)C(=O)CCNC(=O)[C@@H](OC1CCCC1)c1ccccc1. The van der Waals surface area contributed by atoms with Crippen molar-refractivity contribution in [3.63, 3.8) is 0 Å². The van der Waals surface area contributed by atoms with Crippen molar-refractivity contribution in [2.45, 2.75) is 44.3 Å². The van der Waals surface area contributed by atoms with E-state index in [0.717, 1.165) is 31.2 Å². The van der Waals surface area contributed by atoms with Crippen LogP contribution in [0.4, 0.5) is 0 Å². The standard InChI is InChI=1S/C18H26N2O3/c1-20(2)16(21)12-13-19-18(22)17(14-8-4-3-5-9-14)23-15-10-6-7-11-15/h3-5,8-9,15,17H,6-7,10-13H2,1-2H3,(H,19,22)/t17-/m0/s1. The van der Waals surface area contributed by atoms with E-state index in [-0.39, 0.29) is 17.9 Å². The Hall–Kier alpha value is -1.88. The molecular weight excluding hydrogens is 292 g/mol. The van der Waals surface area contributed by atoms with Crippen molar-refractivity contribution in [3.05, 3.63) is 35.9 Å². The van der Waals surface area contributed by atoms with Crippen molar-refractivity contribution in [2.75, 3.05) is 20.6 Å². The Balaban J connectivity index is 1.95. The summed E-state index contributed by atoms with van der Waals surface area (Å²) in [6.45, 7) is 0.327. The van der Waals surface area contributed by atoms with Gasteiger partial charge < -0.3 is 15.0 Å². The third kappa shape index (κ3) is 5.36. The fourth-order valence-electron chi connectivity index (χ4n) is 2.75. The maximum Gasteiger partial charge on any atom is 0.253 e. The fraction of sp³-hybridized carbons (Fsp3) is 0.556. The lowest BCUT2D eigenvalue weighted by atomic mass is 10.1. The monoisotopic (exact) mass is 318 g/mol. The number of nitrogens with zero attached hydrogens (tertiary/aromatic N) is 1. The Bertz CT molecular complexity index is 510. The molecule has 1 atom stereocenters. The van der Waals surface area contributed by atoms with Crippen molar-refractivity contribution >= 4 is 11.8 Å². The summed E-state index contributed by atoms with van der Waals surface area (Å²) in [6, 6.07) is 9.55. The lowest BCUT2D eigenvalue weighted by Gasteiger charge is -2.22. The number of carbonyl (C=O) groups excluding carboxylic acids is 2. The van der Waals surface area contributed by atoms with Gasteiger partial charge in [-0.2, -0.15) is 0 Å². The Kier molecular flexibility index (Phi) is 6.59. The zero-order valence-corrected chi connectivity index (χ0v) is 14.0. The quantitative estimate of drug-likeness (QED) is 0.839. The first-order valence-corrected chi connectivity index (χ1v) is 8.26. The number of carbonyl (C=O) groups is 2. The number of hydrogen-bond donors (Lipinski definition) is 1. The van der Waals surface area contributed by atoms with Gasteiger partial charge in [0.05, 0.1) is 6.10 Å². The van der Waals surface area contributed by atoms with Crippen LogP contribution in [0.15, 0.2) is 30.3 Å². The van der Waals surface area contributed by atoms with E-state index in [4.69, 9.17) is 4.74 Å². The molecule has 1 fully saturated rings. The Morgan fingerprint density at radius 3 is 2.48 bits per heavy atom.